The highest BCUT2D eigenvalue weighted by Crippen LogP contribution is 2.35. The van der Waals surface area contributed by atoms with Gasteiger partial charge >= 0.3 is 0 Å². The monoisotopic (exact) mass is 357 g/mol. The van der Waals surface area contributed by atoms with E-state index in [1.54, 1.807) is 26.7 Å². The van der Waals surface area contributed by atoms with Gasteiger partial charge in [-0.05, 0) is 29.8 Å². The van der Waals surface area contributed by atoms with E-state index >= 15 is 0 Å². The van der Waals surface area contributed by atoms with Gasteiger partial charge in [-0.2, -0.15) is 0 Å². The van der Waals surface area contributed by atoms with Crippen molar-refractivity contribution < 1.29 is 18.4 Å². The largest absolute Gasteiger partial charge is 0.493 e. The smallest absolute Gasteiger partial charge is 0.162 e. The molecule has 0 amide bonds. The van der Waals surface area contributed by atoms with E-state index in [0.717, 1.165) is 21.4 Å². The number of aromatic nitrogens is 1. The fourth-order valence-electron chi connectivity index (χ4n) is 2.51. The van der Waals surface area contributed by atoms with Crippen LogP contribution in [0.4, 0.5) is 0 Å². The summed E-state index contributed by atoms with van der Waals surface area (Å²) in [4.78, 5) is 5.16. The fraction of sp³-hybridized carbons (Fsp3) is 0.211. The molecule has 25 heavy (non-hydrogen) atoms. The van der Waals surface area contributed by atoms with Crippen molar-refractivity contribution in [2.45, 2.75) is 11.5 Å². The zero-order valence-electron chi connectivity index (χ0n) is 14.3. The van der Waals surface area contributed by atoms with E-state index in [1.165, 1.54) is 0 Å². The highest BCUT2D eigenvalue weighted by atomic mass is 32.2. The van der Waals surface area contributed by atoms with Crippen LogP contribution in [-0.2, 0) is 17.4 Å². The van der Waals surface area contributed by atoms with Crippen molar-refractivity contribution in [3.05, 3.63) is 54.2 Å². The molecular weight excluding hydrogens is 338 g/mol. The number of fused-ring (bicyclic) bond motifs is 1. The molecule has 1 aromatic heterocycles. The summed E-state index contributed by atoms with van der Waals surface area (Å²) in [6.07, 6.45) is 3.36. The lowest BCUT2D eigenvalue weighted by atomic mass is 10.1. The molecule has 0 saturated carbocycles. The van der Waals surface area contributed by atoms with Crippen LogP contribution in [0.15, 0.2) is 53.6 Å². The van der Waals surface area contributed by atoms with Gasteiger partial charge in [0.05, 0.1) is 19.7 Å². The van der Waals surface area contributed by atoms with Gasteiger partial charge in [-0.1, -0.05) is 12.1 Å². The summed E-state index contributed by atoms with van der Waals surface area (Å²) in [6.45, 7) is 0.407. The van der Waals surface area contributed by atoms with E-state index in [1.807, 2.05) is 42.5 Å². The first kappa shape index (κ1) is 17.2. The van der Waals surface area contributed by atoms with Crippen LogP contribution in [0.1, 0.15) is 5.56 Å². The molecular formula is C19H19NO4S. The molecule has 0 spiro atoms. The molecule has 3 rings (SSSR count). The summed E-state index contributed by atoms with van der Waals surface area (Å²) in [7, 11) is 2.21. The number of hydrogen-bond acceptors (Lipinski definition) is 5. The topological polar surface area (TPSA) is 57.7 Å². The molecule has 1 atom stereocenters. The standard InChI is InChI=1S/C19H19NO4S/c1-22-18-10-15-16(11-19(18)23-2)20-9-8-17(15)24-12-13-4-6-14(7-5-13)25(3)21/h4-11H,12H2,1-3H3. The first-order valence-corrected chi connectivity index (χ1v) is 9.24. The Labute approximate surface area is 149 Å². The highest BCUT2D eigenvalue weighted by Gasteiger charge is 2.11. The number of rotatable bonds is 6. The molecule has 0 aliphatic heterocycles. The Kier molecular flexibility index (Phi) is 5.19. The number of methoxy groups -OCH3 is 2. The average molecular weight is 357 g/mol. The zero-order valence-corrected chi connectivity index (χ0v) is 15.1. The van der Waals surface area contributed by atoms with Crippen LogP contribution in [0.25, 0.3) is 10.9 Å². The molecule has 0 saturated heterocycles. The van der Waals surface area contributed by atoms with Gasteiger partial charge in [0.2, 0.25) is 0 Å². The van der Waals surface area contributed by atoms with Gasteiger partial charge in [-0.25, -0.2) is 0 Å². The highest BCUT2D eigenvalue weighted by molar-refractivity contribution is 7.84. The van der Waals surface area contributed by atoms with Crippen LogP contribution < -0.4 is 14.2 Å². The SMILES string of the molecule is COc1cc2nccc(OCc3ccc(S(C)=O)cc3)c2cc1OC. The minimum absolute atomic E-state index is 0.407. The summed E-state index contributed by atoms with van der Waals surface area (Å²) < 4.78 is 28.1. The Hall–Kier alpha value is -2.60. The van der Waals surface area contributed by atoms with Gasteiger partial charge in [0.1, 0.15) is 12.4 Å². The van der Waals surface area contributed by atoms with Gasteiger partial charge in [-0.15, -0.1) is 0 Å². The second kappa shape index (κ2) is 7.53. The molecule has 5 nitrogen and oxygen atoms in total. The Balaban J connectivity index is 1.87. The summed E-state index contributed by atoms with van der Waals surface area (Å²) in [5.74, 6) is 1.97. The lowest BCUT2D eigenvalue weighted by molar-refractivity contribution is 0.309. The van der Waals surface area contributed by atoms with E-state index in [0.29, 0.717) is 23.9 Å². The first-order chi connectivity index (χ1) is 12.1. The molecule has 0 fully saturated rings. The Morgan fingerprint density at radius 1 is 0.960 bits per heavy atom. The van der Waals surface area contributed by atoms with Crippen LogP contribution in [0.2, 0.25) is 0 Å². The Bertz CT molecular complexity index is 909. The average Bonchev–Trinajstić information content (AvgIpc) is 2.65. The van der Waals surface area contributed by atoms with Crippen molar-refractivity contribution in [1.82, 2.24) is 4.98 Å². The number of ether oxygens (including phenoxy) is 3. The van der Waals surface area contributed by atoms with Crippen LogP contribution in [0.3, 0.4) is 0 Å². The Morgan fingerprint density at radius 3 is 2.28 bits per heavy atom. The van der Waals surface area contributed by atoms with Crippen molar-refractivity contribution in [2.75, 3.05) is 20.5 Å². The molecule has 0 N–H and O–H groups in total. The van der Waals surface area contributed by atoms with E-state index in [9.17, 15) is 4.21 Å². The fourth-order valence-corrected chi connectivity index (χ4v) is 3.03. The van der Waals surface area contributed by atoms with E-state index < -0.39 is 10.8 Å². The van der Waals surface area contributed by atoms with Crippen molar-refractivity contribution in [3.8, 4) is 17.2 Å². The van der Waals surface area contributed by atoms with Gasteiger partial charge in [-0.3, -0.25) is 9.19 Å². The molecule has 0 bridgehead atoms. The maximum Gasteiger partial charge on any atom is 0.162 e. The summed E-state index contributed by atoms with van der Waals surface area (Å²) in [6, 6.07) is 13.1. The molecule has 0 radical (unpaired) electrons. The van der Waals surface area contributed by atoms with Crippen molar-refractivity contribution in [3.63, 3.8) is 0 Å². The molecule has 1 unspecified atom stereocenters. The van der Waals surface area contributed by atoms with Crippen LogP contribution in [0.5, 0.6) is 17.2 Å². The molecule has 1 heterocycles. The third-order valence-electron chi connectivity index (χ3n) is 3.86. The van der Waals surface area contributed by atoms with Gasteiger partial charge in [0, 0.05) is 39.6 Å². The van der Waals surface area contributed by atoms with E-state index in [2.05, 4.69) is 4.98 Å². The lowest BCUT2D eigenvalue weighted by Gasteiger charge is -2.12. The van der Waals surface area contributed by atoms with Crippen LogP contribution in [0, 0.1) is 0 Å². The second-order valence-corrected chi connectivity index (χ2v) is 6.80. The third-order valence-corrected chi connectivity index (χ3v) is 4.79. The Morgan fingerprint density at radius 2 is 1.64 bits per heavy atom. The maximum atomic E-state index is 11.4. The van der Waals surface area contributed by atoms with E-state index in [4.69, 9.17) is 14.2 Å². The number of nitrogens with zero attached hydrogens (tertiary/aromatic N) is 1. The number of benzene rings is 2. The van der Waals surface area contributed by atoms with Gasteiger partial charge in [0.25, 0.3) is 0 Å². The number of pyridine rings is 1. The minimum atomic E-state index is -0.978. The normalized spacial score (nSPS) is 12.0. The summed E-state index contributed by atoms with van der Waals surface area (Å²) in [5.41, 5.74) is 1.77. The van der Waals surface area contributed by atoms with Crippen LogP contribution >= 0.6 is 0 Å². The molecule has 2 aromatic carbocycles. The van der Waals surface area contributed by atoms with Gasteiger partial charge < -0.3 is 14.2 Å². The summed E-state index contributed by atoms with van der Waals surface area (Å²) >= 11 is 0. The van der Waals surface area contributed by atoms with Crippen molar-refractivity contribution >= 4 is 21.7 Å². The van der Waals surface area contributed by atoms with Crippen molar-refractivity contribution in [2.24, 2.45) is 0 Å². The predicted octanol–water partition coefficient (Wildman–Crippen LogP) is 3.57. The molecule has 0 aliphatic rings. The molecule has 0 aliphatic carbocycles. The first-order valence-electron chi connectivity index (χ1n) is 7.68. The van der Waals surface area contributed by atoms with Gasteiger partial charge in [0.15, 0.2) is 11.5 Å². The van der Waals surface area contributed by atoms with Crippen molar-refractivity contribution in [1.29, 1.82) is 0 Å². The predicted molar refractivity (Wildman–Crippen MR) is 98.0 cm³/mol. The quantitative estimate of drug-likeness (QED) is 0.675. The number of hydrogen-bond donors (Lipinski definition) is 0. The second-order valence-electron chi connectivity index (χ2n) is 5.42. The zero-order chi connectivity index (χ0) is 17.8. The maximum absolute atomic E-state index is 11.4. The summed E-state index contributed by atoms with van der Waals surface area (Å²) in [5, 5.41) is 0.853. The molecule has 6 heteroatoms. The minimum Gasteiger partial charge on any atom is -0.493 e. The lowest BCUT2D eigenvalue weighted by Crippen LogP contribution is -1.98. The van der Waals surface area contributed by atoms with Crippen LogP contribution in [-0.4, -0.2) is 29.7 Å². The molecule has 130 valence electrons. The van der Waals surface area contributed by atoms with E-state index in [-0.39, 0.29) is 0 Å². The molecule has 3 aromatic rings. The third kappa shape index (κ3) is 3.74.